The van der Waals surface area contributed by atoms with E-state index in [0.717, 1.165) is 24.3 Å². The van der Waals surface area contributed by atoms with Crippen molar-refractivity contribution in [1.82, 2.24) is 5.32 Å². The first-order valence-corrected chi connectivity index (χ1v) is 6.78. The molecule has 106 valence electrons. The number of ether oxygens (including phenoxy) is 1. The molecular weight excluding hydrogens is 240 g/mol. The summed E-state index contributed by atoms with van der Waals surface area (Å²) in [7, 11) is 0. The van der Waals surface area contributed by atoms with E-state index >= 15 is 0 Å². The number of rotatable bonds is 7. The molecule has 0 saturated carbocycles. The van der Waals surface area contributed by atoms with E-state index in [4.69, 9.17) is 4.74 Å². The van der Waals surface area contributed by atoms with Gasteiger partial charge in [0.25, 0.3) is 0 Å². The highest BCUT2D eigenvalue weighted by molar-refractivity contribution is 5.89. The first-order valence-electron chi connectivity index (χ1n) is 6.78. The normalized spacial score (nSPS) is 10.5. The van der Waals surface area contributed by atoms with Gasteiger partial charge in [0.2, 0.25) is 0 Å². The zero-order chi connectivity index (χ0) is 14.1. The van der Waals surface area contributed by atoms with Crippen LogP contribution in [-0.2, 0) is 4.74 Å². The highest BCUT2D eigenvalue weighted by Crippen LogP contribution is 2.12. The van der Waals surface area contributed by atoms with Gasteiger partial charge in [0.15, 0.2) is 0 Å². The van der Waals surface area contributed by atoms with E-state index in [1.807, 2.05) is 31.2 Å². The Hall–Kier alpha value is -1.55. The van der Waals surface area contributed by atoms with E-state index in [9.17, 15) is 4.79 Å². The molecule has 19 heavy (non-hydrogen) atoms. The third-order valence-electron chi connectivity index (χ3n) is 2.60. The summed E-state index contributed by atoms with van der Waals surface area (Å²) in [5.74, 6) is 0.553. The van der Waals surface area contributed by atoms with Crippen LogP contribution < -0.4 is 10.6 Å². The molecule has 0 saturated heterocycles. The minimum Gasteiger partial charge on any atom is -0.381 e. The van der Waals surface area contributed by atoms with Crippen molar-refractivity contribution < 1.29 is 9.53 Å². The van der Waals surface area contributed by atoms with Gasteiger partial charge in [-0.15, -0.1) is 0 Å². The van der Waals surface area contributed by atoms with Crippen molar-refractivity contribution in [1.29, 1.82) is 0 Å². The van der Waals surface area contributed by atoms with Crippen LogP contribution in [0.25, 0.3) is 0 Å². The second kappa shape index (κ2) is 8.53. The number of carbonyl (C=O) groups is 1. The predicted molar refractivity (Wildman–Crippen MR) is 78.5 cm³/mol. The van der Waals surface area contributed by atoms with Crippen molar-refractivity contribution >= 4 is 11.7 Å². The second-order valence-corrected chi connectivity index (χ2v) is 5.02. The van der Waals surface area contributed by atoms with Gasteiger partial charge in [0.05, 0.1) is 0 Å². The number of nitrogens with one attached hydrogen (secondary N) is 2. The quantitative estimate of drug-likeness (QED) is 0.743. The Bertz CT molecular complexity index is 391. The molecule has 0 atom stereocenters. The van der Waals surface area contributed by atoms with Crippen molar-refractivity contribution in [2.24, 2.45) is 5.92 Å². The van der Waals surface area contributed by atoms with Gasteiger partial charge in [-0.25, -0.2) is 4.79 Å². The lowest BCUT2D eigenvalue weighted by molar-refractivity contribution is 0.108. The number of hydrogen-bond donors (Lipinski definition) is 2. The molecule has 0 unspecified atom stereocenters. The second-order valence-electron chi connectivity index (χ2n) is 5.02. The number of hydrogen-bond acceptors (Lipinski definition) is 2. The summed E-state index contributed by atoms with van der Waals surface area (Å²) in [6, 6.07) is 7.54. The maximum Gasteiger partial charge on any atom is 0.319 e. The molecule has 0 radical (unpaired) electrons. The average molecular weight is 264 g/mol. The molecule has 0 bridgehead atoms. The Morgan fingerprint density at radius 3 is 2.74 bits per heavy atom. The maximum atomic E-state index is 11.6. The number of urea groups is 1. The molecular formula is C15H24N2O2. The zero-order valence-corrected chi connectivity index (χ0v) is 12.0. The number of anilines is 1. The van der Waals surface area contributed by atoms with Crippen LogP contribution in [0.1, 0.15) is 25.8 Å². The number of aryl methyl sites for hydroxylation is 1. The summed E-state index contributed by atoms with van der Waals surface area (Å²) >= 11 is 0. The smallest absolute Gasteiger partial charge is 0.319 e. The number of benzene rings is 1. The Morgan fingerprint density at radius 1 is 1.32 bits per heavy atom. The van der Waals surface area contributed by atoms with E-state index < -0.39 is 0 Å². The van der Waals surface area contributed by atoms with Gasteiger partial charge in [-0.2, -0.15) is 0 Å². The fourth-order valence-corrected chi connectivity index (χ4v) is 1.57. The van der Waals surface area contributed by atoms with Gasteiger partial charge in [-0.05, 0) is 30.9 Å². The minimum atomic E-state index is -0.168. The van der Waals surface area contributed by atoms with Crippen molar-refractivity contribution in [2.45, 2.75) is 27.2 Å². The zero-order valence-electron chi connectivity index (χ0n) is 12.0. The lowest BCUT2D eigenvalue weighted by atomic mass is 10.2. The average Bonchev–Trinajstić information content (AvgIpc) is 2.36. The third-order valence-corrected chi connectivity index (χ3v) is 2.60. The molecule has 0 aliphatic carbocycles. The molecule has 0 heterocycles. The molecule has 2 amide bonds. The summed E-state index contributed by atoms with van der Waals surface area (Å²) in [5, 5.41) is 5.64. The maximum absolute atomic E-state index is 11.6. The molecule has 4 nitrogen and oxygen atoms in total. The van der Waals surface area contributed by atoms with E-state index in [2.05, 4.69) is 24.5 Å². The largest absolute Gasteiger partial charge is 0.381 e. The SMILES string of the molecule is Cc1ccccc1NC(=O)NCCCOCC(C)C. The van der Waals surface area contributed by atoms with Crippen LogP contribution in [-0.4, -0.2) is 25.8 Å². The van der Waals surface area contributed by atoms with E-state index in [-0.39, 0.29) is 6.03 Å². The summed E-state index contributed by atoms with van der Waals surface area (Å²) < 4.78 is 5.44. The van der Waals surface area contributed by atoms with Crippen LogP contribution >= 0.6 is 0 Å². The van der Waals surface area contributed by atoms with Crippen LogP contribution in [0.4, 0.5) is 10.5 Å². The third kappa shape index (κ3) is 6.82. The van der Waals surface area contributed by atoms with E-state index in [1.54, 1.807) is 0 Å². The van der Waals surface area contributed by atoms with E-state index in [1.165, 1.54) is 0 Å². The molecule has 0 spiro atoms. The minimum absolute atomic E-state index is 0.168. The molecule has 0 aliphatic heterocycles. The highest BCUT2D eigenvalue weighted by atomic mass is 16.5. The van der Waals surface area contributed by atoms with Crippen LogP contribution in [0, 0.1) is 12.8 Å². The number of amides is 2. The first-order chi connectivity index (χ1) is 9.09. The molecule has 2 N–H and O–H groups in total. The number of carbonyl (C=O) groups excluding carboxylic acids is 1. The monoisotopic (exact) mass is 264 g/mol. The lowest BCUT2D eigenvalue weighted by Crippen LogP contribution is -2.30. The van der Waals surface area contributed by atoms with Gasteiger partial charge < -0.3 is 15.4 Å². The molecule has 0 aliphatic rings. The Labute approximate surface area is 115 Å². The van der Waals surface area contributed by atoms with Crippen molar-refractivity contribution in [3.8, 4) is 0 Å². The number of para-hydroxylation sites is 1. The van der Waals surface area contributed by atoms with Gasteiger partial charge in [-0.3, -0.25) is 0 Å². The van der Waals surface area contributed by atoms with Crippen LogP contribution in [0.2, 0.25) is 0 Å². The molecule has 4 heteroatoms. The van der Waals surface area contributed by atoms with Crippen LogP contribution in [0.3, 0.4) is 0 Å². The summed E-state index contributed by atoms with van der Waals surface area (Å²) in [5.41, 5.74) is 1.90. The summed E-state index contributed by atoms with van der Waals surface area (Å²) in [6.07, 6.45) is 0.827. The van der Waals surface area contributed by atoms with Crippen LogP contribution in [0.5, 0.6) is 0 Å². The van der Waals surface area contributed by atoms with Gasteiger partial charge in [0.1, 0.15) is 0 Å². The molecule has 1 rings (SSSR count). The fourth-order valence-electron chi connectivity index (χ4n) is 1.57. The molecule has 1 aromatic rings. The lowest BCUT2D eigenvalue weighted by Gasteiger charge is -2.10. The Kier molecular flexibility index (Phi) is 6.97. The fraction of sp³-hybridized carbons (Fsp3) is 0.533. The van der Waals surface area contributed by atoms with Crippen LogP contribution in [0.15, 0.2) is 24.3 Å². The standard InChI is InChI=1S/C15H24N2O2/c1-12(2)11-19-10-6-9-16-15(18)17-14-8-5-4-7-13(14)3/h4-5,7-8,12H,6,9-11H2,1-3H3,(H2,16,17,18). The Balaban J connectivity index is 2.13. The van der Waals surface area contributed by atoms with Gasteiger partial charge in [-0.1, -0.05) is 32.0 Å². The topological polar surface area (TPSA) is 50.4 Å². The molecule has 0 fully saturated rings. The predicted octanol–water partition coefficient (Wildman–Crippen LogP) is 3.18. The van der Waals surface area contributed by atoms with Crippen molar-refractivity contribution in [3.05, 3.63) is 29.8 Å². The van der Waals surface area contributed by atoms with Gasteiger partial charge >= 0.3 is 6.03 Å². The highest BCUT2D eigenvalue weighted by Gasteiger charge is 2.02. The van der Waals surface area contributed by atoms with E-state index in [0.29, 0.717) is 19.1 Å². The Morgan fingerprint density at radius 2 is 2.05 bits per heavy atom. The summed E-state index contributed by atoms with van der Waals surface area (Å²) in [6.45, 7) is 8.28. The molecule has 0 aromatic heterocycles. The first kappa shape index (κ1) is 15.5. The van der Waals surface area contributed by atoms with Gasteiger partial charge in [0, 0.05) is 25.4 Å². The van der Waals surface area contributed by atoms with Crippen molar-refractivity contribution in [2.75, 3.05) is 25.1 Å². The summed E-state index contributed by atoms with van der Waals surface area (Å²) in [4.78, 5) is 11.6. The molecule has 1 aromatic carbocycles. The van der Waals surface area contributed by atoms with Crippen molar-refractivity contribution in [3.63, 3.8) is 0 Å².